The Bertz CT molecular complexity index is 338. The van der Waals surface area contributed by atoms with E-state index in [1.165, 1.54) is 0 Å². The van der Waals surface area contributed by atoms with Crippen molar-refractivity contribution in [3.05, 3.63) is 29.8 Å². The monoisotopic (exact) mass is 209 g/mol. The van der Waals surface area contributed by atoms with E-state index < -0.39 is 5.97 Å². The van der Waals surface area contributed by atoms with Crippen LogP contribution in [0.15, 0.2) is 24.3 Å². The van der Waals surface area contributed by atoms with Crippen molar-refractivity contribution in [2.75, 3.05) is 0 Å². The van der Waals surface area contributed by atoms with Crippen molar-refractivity contribution >= 4 is 5.97 Å². The van der Waals surface area contributed by atoms with Gasteiger partial charge in [-0.05, 0) is 13.0 Å². The fourth-order valence-corrected chi connectivity index (χ4v) is 1.28. The molecule has 1 aromatic carbocycles. The Morgan fingerprint density at radius 1 is 1.47 bits per heavy atom. The lowest BCUT2D eigenvalue weighted by Crippen LogP contribution is -2.27. The minimum absolute atomic E-state index is 0.0770. The number of benzene rings is 1. The lowest BCUT2D eigenvalue weighted by molar-refractivity contribution is -0.137. The van der Waals surface area contributed by atoms with E-state index in [0.29, 0.717) is 6.54 Å². The molecule has 0 amide bonds. The third-order valence-electron chi connectivity index (χ3n) is 2.11. The summed E-state index contributed by atoms with van der Waals surface area (Å²) < 4.78 is 0. The average Bonchev–Trinajstić information content (AvgIpc) is 2.15. The molecule has 1 rings (SSSR count). The highest BCUT2D eigenvalue weighted by atomic mass is 16.4. The number of carboxylic acids is 1. The van der Waals surface area contributed by atoms with Crippen molar-refractivity contribution in [1.82, 2.24) is 5.32 Å². The highest BCUT2D eigenvalue weighted by Gasteiger charge is 2.07. The van der Waals surface area contributed by atoms with E-state index in [0.717, 1.165) is 5.56 Å². The highest BCUT2D eigenvalue weighted by molar-refractivity contribution is 5.67. The van der Waals surface area contributed by atoms with E-state index >= 15 is 0 Å². The topological polar surface area (TPSA) is 69.6 Å². The fourth-order valence-electron chi connectivity index (χ4n) is 1.28. The van der Waals surface area contributed by atoms with Gasteiger partial charge in [0.05, 0.1) is 6.42 Å². The number of para-hydroxylation sites is 1. The third-order valence-corrected chi connectivity index (χ3v) is 2.11. The number of rotatable bonds is 5. The van der Waals surface area contributed by atoms with Gasteiger partial charge in [-0.25, -0.2) is 0 Å². The molecule has 0 saturated heterocycles. The smallest absolute Gasteiger partial charge is 0.304 e. The minimum Gasteiger partial charge on any atom is -0.508 e. The van der Waals surface area contributed by atoms with Crippen LogP contribution in [0.4, 0.5) is 0 Å². The zero-order valence-electron chi connectivity index (χ0n) is 8.60. The van der Waals surface area contributed by atoms with Crippen LogP contribution in [0.2, 0.25) is 0 Å². The summed E-state index contributed by atoms with van der Waals surface area (Å²) >= 11 is 0. The SMILES string of the molecule is CC(CC(=O)O)NCc1ccccc1O. The minimum atomic E-state index is -0.827. The summed E-state index contributed by atoms with van der Waals surface area (Å²) in [6.45, 7) is 2.27. The molecule has 1 aromatic rings. The Hall–Kier alpha value is -1.55. The van der Waals surface area contributed by atoms with Crippen LogP contribution in [0.25, 0.3) is 0 Å². The molecule has 4 nitrogen and oxygen atoms in total. The van der Waals surface area contributed by atoms with Crippen LogP contribution in [0.1, 0.15) is 18.9 Å². The quantitative estimate of drug-likeness (QED) is 0.684. The summed E-state index contributed by atoms with van der Waals surface area (Å²) in [5.74, 6) is -0.597. The van der Waals surface area contributed by atoms with E-state index in [-0.39, 0.29) is 18.2 Å². The first-order valence-corrected chi connectivity index (χ1v) is 4.81. The van der Waals surface area contributed by atoms with Crippen molar-refractivity contribution < 1.29 is 15.0 Å². The van der Waals surface area contributed by atoms with Crippen LogP contribution in [0, 0.1) is 0 Å². The molecule has 0 radical (unpaired) electrons. The van der Waals surface area contributed by atoms with Gasteiger partial charge in [0.1, 0.15) is 5.75 Å². The van der Waals surface area contributed by atoms with Crippen LogP contribution >= 0.6 is 0 Å². The van der Waals surface area contributed by atoms with Crippen LogP contribution < -0.4 is 5.32 Å². The Morgan fingerprint density at radius 3 is 2.73 bits per heavy atom. The number of nitrogens with one attached hydrogen (secondary N) is 1. The molecule has 0 bridgehead atoms. The molecule has 82 valence electrons. The second-order valence-electron chi connectivity index (χ2n) is 3.51. The Morgan fingerprint density at radius 2 is 2.13 bits per heavy atom. The lowest BCUT2D eigenvalue weighted by atomic mass is 10.1. The van der Waals surface area contributed by atoms with E-state index in [1.54, 1.807) is 25.1 Å². The number of aromatic hydroxyl groups is 1. The molecular formula is C11H15NO3. The van der Waals surface area contributed by atoms with E-state index in [9.17, 15) is 9.90 Å². The van der Waals surface area contributed by atoms with Gasteiger partial charge < -0.3 is 15.5 Å². The first-order chi connectivity index (χ1) is 7.09. The zero-order chi connectivity index (χ0) is 11.3. The van der Waals surface area contributed by atoms with E-state index in [1.807, 2.05) is 6.07 Å². The normalized spacial score (nSPS) is 12.3. The molecule has 1 atom stereocenters. The highest BCUT2D eigenvalue weighted by Crippen LogP contribution is 2.15. The van der Waals surface area contributed by atoms with Crippen molar-refractivity contribution in [3.63, 3.8) is 0 Å². The molecule has 0 aliphatic heterocycles. The van der Waals surface area contributed by atoms with Gasteiger partial charge in [-0.3, -0.25) is 4.79 Å². The molecule has 3 N–H and O–H groups in total. The van der Waals surface area contributed by atoms with E-state index in [2.05, 4.69) is 5.32 Å². The molecule has 15 heavy (non-hydrogen) atoms. The predicted octanol–water partition coefficient (Wildman–Crippen LogP) is 1.34. The summed E-state index contributed by atoms with van der Waals surface area (Å²) in [5, 5.41) is 21.0. The third kappa shape index (κ3) is 3.99. The first-order valence-electron chi connectivity index (χ1n) is 4.81. The zero-order valence-corrected chi connectivity index (χ0v) is 8.60. The fraction of sp³-hybridized carbons (Fsp3) is 0.364. The first kappa shape index (κ1) is 11.5. The number of hydrogen-bond donors (Lipinski definition) is 3. The Balaban J connectivity index is 2.43. The standard InChI is InChI=1S/C11H15NO3/c1-8(6-11(14)15)12-7-9-4-2-3-5-10(9)13/h2-5,8,12-13H,6-7H2,1H3,(H,14,15). The van der Waals surface area contributed by atoms with Gasteiger partial charge >= 0.3 is 5.97 Å². The maximum Gasteiger partial charge on any atom is 0.304 e. The number of phenols is 1. The van der Waals surface area contributed by atoms with Gasteiger partial charge in [0.25, 0.3) is 0 Å². The summed E-state index contributed by atoms with van der Waals surface area (Å²) in [4.78, 5) is 10.4. The number of carboxylic acid groups (broad SMARTS) is 1. The number of hydrogen-bond acceptors (Lipinski definition) is 3. The Kier molecular flexibility index (Phi) is 4.12. The summed E-state index contributed by atoms with van der Waals surface area (Å²) in [5.41, 5.74) is 0.773. The summed E-state index contributed by atoms with van der Waals surface area (Å²) in [7, 11) is 0. The number of phenolic OH excluding ortho intramolecular Hbond substituents is 1. The molecular weight excluding hydrogens is 194 g/mol. The molecule has 0 fully saturated rings. The van der Waals surface area contributed by atoms with Gasteiger partial charge in [-0.2, -0.15) is 0 Å². The number of aliphatic carboxylic acids is 1. The molecule has 0 aliphatic carbocycles. The lowest BCUT2D eigenvalue weighted by Gasteiger charge is -2.11. The maximum absolute atomic E-state index is 10.4. The van der Waals surface area contributed by atoms with Crippen molar-refractivity contribution in [3.8, 4) is 5.75 Å². The second-order valence-corrected chi connectivity index (χ2v) is 3.51. The van der Waals surface area contributed by atoms with Gasteiger partial charge in [0.2, 0.25) is 0 Å². The van der Waals surface area contributed by atoms with Gasteiger partial charge in [0, 0.05) is 18.2 Å². The van der Waals surface area contributed by atoms with Crippen molar-refractivity contribution in [2.24, 2.45) is 0 Å². The molecule has 4 heteroatoms. The predicted molar refractivity (Wildman–Crippen MR) is 56.7 cm³/mol. The van der Waals surface area contributed by atoms with Gasteiger partial charge in [-0.15, -0.1) is 0 Å². The van der Waals surface area contributed by atoms with Crippen LogP contribution in [-0.2, 0) is 11.3 Å². The molecule has 0 spiro atoms. The van der Waals surface area contributed by atoms with Crippen LogP contribution in [0.3, 0.4) is 0 Å². The van der Waals surface area contributed by atoms with Crippen molar-refractivity contribution in [1.29, 1.82) is 0 Å². The molecule has 0 aromatic heterocycles. The van der Waals surface area contributed by atoms with Gasteiger partial charge in [-0.1, -0.05) is 18.2 Å². The summed E-state index contributed by atoms with van der Waals surface area (Å²) in [6.07, 6.45) is 0.0770. The van der Waals surface area contributed by atoms with Crippen LogP contribution in [0.5, 0.6) is 5.75 Å². The maximum atomic E-state index is 10.4. The number of carbonyl (C=O) groups is 1. The average molecular weight is 209 g/mol. The van der Waals surface area contributed by atoms with Gasteiger partial charge in [0.15, 0.2) is 0 Å². The summed E-state index contributed by atoms with van der Waals surface area (Å²) in [6, 6.07) is 6.88. The molecule has 0 aliphatic rings. The Labute approximate surface area is 88.6 Å². The largest absolute Gasteiger partial charge is 0.508 e. The van der Waals surface area contributed by atoms with E-state index in [4.69, 9.17) is 5.11 Å². The van der Waals surface area contributed by atoms with Crippen molar-refractivity contribution in [2.45, 2.75) is 25.9 Å². The van der Waals surface area contributed by atoms with Crippen LogP contribution in [-0.4, -0.2) is 22.2 Å². The molecule has 1 unspecified atom stereocenters. The molecule has 0 heterocycles. The molecule has 0 saturated carbocycles. The second kappa shape index (κ2) is 5.36.